The highest BCUT2D eigenvalue weighted by Gasteiger charge is 2.31. The molecule has 3 rings (SSSR count). The molecule has 2 aromatic rings. The number of rotatable bonds is 6. The van der Waals surface area contributed by atoms with Crippen LogP contribution in [0, 0.1) is 5.82 Å². The second-order valence-electron chi connectivity index (χ2n) is 6.68. The van der Waals surface area contributed by atoms with Crippen molar-refractivity contribution in [1.82, 2.24) is 9.62 Å². The number of carbonyl (C=O) groups excluding carboxylic acids is 1. The first kappa shape index (κ1) is 19.5. The van der Waals surface area contributed by atoms with E-state index in [9.17, 15) is 17.6 Å². The zero-order chi connectivity index (χ0) is 19.3. The van der Waals surface area contributed by atoms with Gasteiger partial charge in [0.15, 0.2) is 0 Å². The Morgan fingerprint density at radius 2 is 1.63 bits per heavy atom. The molecule has 1 saturated heterocycles. The lowest BCUT2D eigenvalue weighted by atomic mass is 10.0. The van der Waals surface area contributed by atoms with Crippen molar-refractivity contribution in [2.24, 2.45) is 0 Å². The Kier molecular flexibility index (Phi) is 6.23. The van der Waals surface area contributed by atoms with E-state index in [0.717, 1.165) is 30.9 Å². The minimum atomic E-state index is -4.17. The van der Waals surface area contributed by atoms with Crippen molar-refractivity contribution in [3.05, 3.63) is 66.0 Å². The number of halogens is 1. The Morgan fingerprint density at radius 1 is 1.00 bits per heavy atom. The molecule has 0 radical (unpaired) electrons. The molecule has 144 valence electrons. The van der Waals surface area contributed by atoms with E-state index in [1.54, 1.807) is 4.90 Å². The molecule has 1 atom stereocenters. The molecule has 1 unspecified atom stereocenters. The van der Waals surface area contributed by atoms with Gasteiger partial charge in [0.25, 0.3) is 0 Å². The normalized spacial score (nSPS) is 16.1. The third-order valence-electron chi connectivity index (χ3n) is 4.67. The van der Waals surface area contributed by atoms with Gasteiger partial charge in [-0.05, 0) is 43.4 Å². The highest BCUT2D eigenvalue weighted by atomic mass is 32.2. The van der Waals surface area contributed by atoms with Gasteiger partial charge in [-0.15, -0.1) is 0 Å². The Labute approximate surface area is 159 Å². The van der Waals surface area contributed by atoms with Crippen LogP contribution >= 0.6 is 0 Å². The highest BCUT2D eigenvalue weighted by molar-refractivity contribution is 7.89. The molecule has 1 aliphatic rings. The van der Waals surface area contributed by atoms with Gasteiger partial charge >= 0.3 is 0 Å². The van der Waals surface area contributed by atoms with E-state index < -0.39 is 26.8 Å². The summed E-state index contributed by atoms with van der Waals surface area (Å²) in [7, 11) is -4.17. The van der Waals surface area contributed by atoms with Gasteiger partial charge in [0.2, 0.25) is 15.9 Å². The van der Waals surface area contributed by atoms with Crippen LogP contribution in [0.5, 0.6) is 0 Å². The molecular formula is C20H23FN2O3S. The van der Waals surface area contributed by atoms with Crippen LogP contribution in [0.2, 0.25) is 0 Å². The number of hydrogen-bond acceptors (Lipinski definition) is 3. The summed E-state index contributed by atoms with van der Waals surface area (Å²) >= 11 is 0. The van der Waals surface area contributed by atoms with E-state index in [1.165, 1.54) is 18.2 Å². The summed E-state index contributed by atoms with van der Waals surface area (Å²) in [6, 6.07) is 13.4. The maximum atomic E-state index is 14.0. The van der Waals surface area contributed by atoms with Crippen molar-refractivity contribution >= 4 is 15.9 Å². The fourth-order valence-corrected chi connectivity index (χ4v) is 4.55. The van der Waals surface area contributed by atoms with Crippen molar-refractivity contribution in [2.45, 2.75) is 36.6 Å². The van der Waals surface area contributed by atoms with Gasteiger partial charge in [0.05, 0.1) is 0 Å². The van der Waals surface area contributed by atoms with Crippen LogP contribution in [-0.4, -0.2) is 38.4 Å². The zero-order valence-electron chi connectivity index (χ0n) is 15.0. The second-order valence-corrected chi connectivity index (χ2v) is 8.36. The van der Waals surface area contributed by atoms with Crippen LogP contribution in [0.15, 0.2) is 59.5 Å². The zero-order valence-corrected chi connectivity index (χ0v) is 15.8. The molecule has 1 heterocycles. The molecule has 0 saturated carbocycles. The van der Waals surface area contributed by atoms with Crippen molar-refractivity contribution in [1.29, 1.82) is 0 Å². The molecular weight excluding hydrogens is 367 g/mol. The molecule has 0 aliphatic carbocycles. The maximum Gasteiger partial charge on any atom is 0.244 e. The van der Waals surface area contributed by atoms with Crippen molar-refractivity contribution in [2.75, 3.05) is 13.1 Å². The lowest BCUT2D eigenvalue weighted by molar-refractivity contribution is -0.133. The first-order chi connectivity index (χ1) is 13.0. The molecule has 7 heteroatoms. The van der Waals surface area contributed by atoms with E-state index in [-0.39, 0.29) is 12.3 Å². The molecule has 0 bridgehead atoms. The number of nitrogens with one attached hydrogen (secondary N) is 1. The van der Waals surface area contributed by atoms with E-state index >= 15 is 0 Å². The fourth-order valence-electron chi connectivity index (χ4n) is 3.28. The van der Waals surface area contributed by atoms with E-state index in [1.807, 2.05) is 30.3 Å². The number of nitrogens with zero attached hydrogens (tertiary/aromatic N) is 1. The Morgan fingerprint density at radius 3 is 2.30 bits per heavy atom. The Hall–Kier alpha value is -2.25. The predicted octanol–water partition coefficient (Wildman–Crippen LogP) is 2.73. The summed E-state index contributed by atoms with van der Waals surface area (Å²) in [4.78, 5) is 14.2. The Balaban J connectivity index is 1.86. The summed E-state index contributed by atoms with van der Waals surface area (Å²) < 4.78 is 41.9. The minimum Gasteiger partial charge on any atom is -0.341 e. The predicted molar refractivity (Wildman–Crippen MR) is 101 cm³/mol. The number of carbonyl (C=O) groups is 1. The SMILES string of the molecule is O=C(C(Cc1ccccc1)NS(=O)(=O)c1ccccc1F)N1CCCCC1. The molecule has 27 heavy (non-hydrogen) atoms. The molecule has 1 fully saturated rings. The summed E-state index contributed by atoms with van der Waals surface area (Å²) in [6.07, 6.45) is 3.09. The number of hydrogen-bond donors (Lipinski definition) is 1. The van der Waals surface area contributed by atoms with Crippen molar-refractivity contribution in [3.63, 3.8) is 0 Å². The average Bonchev–Trinajstić information content (AvgIpc) is 2.68. The smallest absolute Gasteiger partial charge is 0.244 e. The first-order valence-corrected chi connectivity index (χ1v) is 10.6. The maximum absolute atomic E-state index is 14.0. The van der Waals surface area contributed by atoms with Crippen LogP contribution in [0.25, 0.3) is 0 Å². The standard InChI is InChI=1S/C20H23FN2O3S/c21-17-11-5-6-12-19(17)27(25,26)22-18(15-16-9-3-1-4-10-16)20(24)23-13-7-2-8-14-23/h1,3-6,9-12,18,22H,2,7-8,13-15H2. The van der Waals surface area contributed by atoms with E-state index in [4.69, 9.17) is 0 Å². The number of likely N-dealkylation sites (tertiary alicyclic amines) is 1. The van der Waals surface area contributed by atoms with Gasteiger partial charge < -0.3 is 4.90 Å². The first-order valence-electron chi connectivity index (χ1n) is 9.07. The highest BCUT2D eigenvalue weighted by Crippen LogP contribution is 2.17. The van der Waals surface area contributed by atoms with Crippen molar-refractivity contribution in [3.8, 4) is 0 Å². The third-order valence-corrected chi connectivity index (χ3v) is 6.18. The number of sulfonamides is 1. The van der Waals surface area contributed by atoms with E-state index in [0.29, 0.717) is 13.1 Å². The lowest BCUT2D eigenvalue weighted by Crippen LogP contribution is -2.51. The van der Waals surface area contributed by atoms with Gasteiger partial charge in [-0.2, -0.15) is 4.72 Å². The van der Waals surface area contributed by atoms with Crippen LogP contribution in [-0.2, 0) is 21.2 Å². The molecule has 1 aliphatic heterocycles. The molecule has 0 aromatic heterocycles. The molecule has 5 nitrogen and oxygen atoms in total. The van der Waals surface area contributed by atoms with Crippen LogP contribution in [0.3, 0.4) is 0 Å². The van der Waals surface area contributed by atoms with E-state index in [2.05, 4.69) is 4.72 Å². The number of amides is 1. The van der Waals surface area contributed by atoms with Crippen LogP contribution in [0.1, 0.15) is 24.8 Å². The van der Waals surface area contributed by atoms with Gasteiger partial charge in [-0.25, -0.2) is 12.8 Å². The van der Waals surface area contributed by atoms with Crippen LogP contribution < -0.4 is 4.72 Å². The largest absolute Gasteiger partial charge is 0.341 e. The summed E-state index contributed by atoms with van der Waals surface area (Å²) in [5, 5.41) is 0. The number of piperidine rings is 1. The summed E-state index contributed by atoms with van der Waals surface area (Å²) in [5.41, 5.74) is 0.837. The van der Waals surface area contributed by atoms with Crippen LogP contribution in [0.4, 0.5) is 4.39 Å². The van der Waals surface area contributed by atoms with Crippen molar-refractivity contribution < 1.29 is 17.6 Å². The average molecular weight is 390 g/mol. The molecule has 1 N–H and O–H groups in total. The second kappa shape index (κ2) is 8.63. The summed E-state index contributed by atoms with van der Waals surface area (Å²) in [5.74, 6) is -1.10. The lowest BCUT2D eigenvalue weighted by Gasteiger charge is -2.30. The number of benzene rings is 2. The van der Waals surface area contributed by atoms with Gasteiger partial charge in [-0.1, -0.05) is 42.5 Å². The fraction of sp³-hybridized carbons (Fsp3) is 0.350. The molecule has 2 aromatic carbocycles. The third kappa shape index (κ3) is 4.93. The van der Waals surface area contributed by atoms with Gasteiger partial charge in [0.1, 0.15) is 16.8 Å². The molecule has 1 amide bonds. The molecule has 0 spiro atoms. The monoisotopic (exact) mass is 390 g/mol. The summed E-state index contributed by atoms with van der Waals surface area (Å²) in [6.45, 7) is 1.23. The Bertz CT molecular complexity index is 881. The van der Waals surface area contributed by atoms with Gasteiger partial charge in [-0.3, -0.25) is 4.79 Å². The quantitative estimate of drug-likeness (QED) is 0.825. The minimum absolute atomic E-state index is 0.212. The topological polar surface area (TPSA) is 66.5 Å². The van der Waals surface area contributed by atoms with Gasteiger partial charge in [0, 0.05) is 13.1 Å².